The summed E-state index contributed by atoms with van der Waals surface area (Å²) in [6.45, 7) is 3.10. The maximum atomic E-state index is 4.67. The second-order valence-corrected chi connectivity index (χ2v) is 6.36. The molecule has 0 atom stereocenters. The van der Waals surface area contributed by atoms with Crippen LogP contribution in [0.3, 0.4) is 0 Å². The van der Waals surface area contributed by atoms with Crippen molar-refractivity contribution in [3.63, 3.8) is 0 Å². The monoisotopic (exact) mass is 274 g/mol. The molecule has 0 amide bonds. The number of thiazole rings is 1. The van der Waals surface area contributed by atoms with Gasteiger partial charge in [0.05, 0.1) is 16.8 Å². The van der Waals surface area contributed by atoms with Crippen molar-refractivity contribution in [2.24, 2.45) is 0 Å². The predicted octanol–water partition coefficient (Wildman–Crippen LogP) is 4.30. The summed E-state index contributed by atoms with van der Waals surface area (Å²) in [4.78, 5) is 8.31. The van der Waals surface area contributed by atoms with E-state index in [1.54, 1.807) is 11.3 Å². The summed E-state index contributed by atoms with van der Waals surface area (Å²) in [6, 6.07) is 10.5. The second-order valence-electron chi connectivity index (χ2n) is 4.35. The van der Waals surface area contributed by atoms with E-state index in [-0.39, 0.29) is 0 Å². The molecule has 0 unspecified atom stereocenters. The summed E-state index contributed by atoms with van der Waals surface area (Å²) < 4.78 is 1.25. The molecule has 92 valence electrons. The van der Waals surface area contributed by atoms with E-state index >= 15 is 0 Å². The minimum atomic E-state index is 0.934. The Bertz CT molecular complexity index is 636. The van der Waals surface area contributed by atoms with Crippen LogP contribution in [0.25, 0.3) is 10.2 Å². The first-order valence-corrected chi connectivity index (χ1v) is 7.53. The third kappa shape index (κ3) is 2.13. The van der Waals surface area contributed by atoms with Crippen LogP contribution in [0, 0.1) is 6.92 Å². The number of rotatable bonds is 3. The van der Waals surface area contributed by atoms with Gasteiger partial charge in [-0.2, -0.15) is 0 Å². The van der Waals surface area contributed by atoms with Crippen LogP contribution in [0.1, 0.15) is 10.4 Å². The number of para-hydroxylation sites is 1. The molecule has 0 fully saturated rings. The van der Waals surface area contributed by atoms with Gasteiger partial charge in [-0.05, 0) is 36.1 Å². The zero-order valence-corrected chi connectivity index (χ0v) is 12.0. The highest BCUT2D eigenvalue weighted by Gasteiger charge is 2.10. The van der Waals surface area contributed by atoms with Gasteiger partial charge in [0.25, 0.3) is 0 Å². The lowest BCUT2D eigenvalue weighted by Crippen LogP contribution is -2.15. The molecule has 0 bridgehead atoms. The topological polar surface area (TPSA) is 16.1 Å². The van der Waals surface area contributed by atoms with Crippen LogP contribution in [-0.2, 0) is 6.54 Å². The van der Waals surface area contributed by atoms with Crippen LogP contribution in [-0.4, -0.2) is 12.0 Å². The molecule has 0 saturated heterocycles. The number of hydrogen-bond acceptors (Lipinski definition) is 4. The van der Waals surface area contributed by atoms with E-state index in [9.17, 15) is 0 Å². The first-order chi connectivity index (χ1) is 8.74. The largest absolute Gasteiger partial charge is 0.346 e. The summed E-state index contributed by atoms with van der Waals surface area (Å²) in [7, 11) is 2.11. The molecule has 0 aliphatic rings. The molecular formula is C14H14N2S2. The van der Waals surface area contributed by atoms with Crippen molar-refractivity contribution < 1.29 is 0 Å². The molecule has 2 aromatic heterocycles. The zero-order chi connectivity index (χ0) is 12.5. The normalized spacial score (nSPS) is 11.0. The molecule has 0 N–H and O–H groups in total. The van der Waals surface area contributed by atoms with Gasteiger partial charge in [-0.3, -0.25) is 0 Å². The van der Waals surface area contributed by atoms with Crippen LogP contribution in [0.2, 0.25) is 0 Å². The number of thiophene rings is 1. The van der Waals surface area contributed by atoms with E-state index in [1.165, 1.54) is 15.1 Å². The third-order valence-corrected chi connectivity index (χ3v) is 5.12. The maximum Gasteiger partial charge on any atom is 0.186 e. The van der Waals surface area contributed by atoms with Gasteiger partial charge in [0.1, 0.15) is 0 Å². The Morgan fingerprint density at radius 2 is 2.06 bits per heavy atom. The van der Waals surface area contributed by atoms with Gasteiger partial charge in [0, 0.05) is 11.9 Å². The Kier molecular flexibility index (Phi) is 3.06. The van der Waals surface area contributed by atoms with E-state index in [4.69, 9.17) is 0 Å². The van der Waals surface area contributed by atoms with Crippen molar-refractivity contribution in [1.82, 2.24) is 4.98 Å². The highest BCUT2D eigenvalue weighted by Crippen LogP contribution is 2.29. The lowest BCUT2D eigenvalue weighted by atomic mass is 10.3. The molecule has 0 aliphatic heterocycles. The fraction of sp³-hybridized carbons (Fsp3) is 0.214. The van der Waals surface area contributed by atoms with Gasteiger partial charge in [-0.15, -0.1) is 11.3 Å². The number of fused-ring (bicyclic) bond motifs is 1. The molecule has 3 aromatic rings. The fourth-order valence-corrected chi connectivity index (χ4v) is 3.76. The van der Waals surface area contributed by atoms with E-state index in [0.717, 1.165) is 17.2 Å². The molecule has 4 heteroatoms. The quantitative estimate of drug-likeness (QED) is 0.708. The van der Waals surface area contributed by atoms with Crippen LogP contribution in [0.5, 0.6) is 0 Å². The molecule has 18 heavy (non-hydrogen) atoms. The smallest absolute Gasteiger partial charge is 0.186 e. The Hall–Kier alpha value is -1.39. The van der Waals surface area contributed by atoms with Gasteiger partial charge in [-0.1, -0.05) is 23.5 Å². The van der Waals surface area contributed by atoms with E-state index < -0.39 is 0 Å². The standard InChI is InChI=1S/C14H14N2S2/c1-10-7-8-17-13(10)9-16(2)14-15-11-5-3-4-6-12(11)18-14/h3-8H,9H2,1-2H3. The number of hydrogen-bond donors (Lipinski definition) is 0. The number of nitrogens with zero attached hydrogens (tertiary/aromatic N) is 2. The predicted molar refractivity (Wildman–Crippen MR) is 80.8 cm³/mol. The average Bonchev–Trinajstić information content (AvgIpc) is 2.96. The van der Waals surface area contributed by atoms with Crippen molar-refractivity contribution in [1.29, 1.82) is 0 Å². The lowest BCUT2D eigenvalue weighted by Gasteiger charge is -2.14. The molecule has 0 spiro atoms. The Balaban J connectivity index is 1.88. The van der Waals surface area contributed by atoms with Crippen LogP contribution < -0.4 is 4.90 Å². The first kappa shape index (κ1) is 11.7. The van der Waals surface area contributed by atoms with Crippen LogP contribution in [0.15, 0.2) is 35.7 Å². The minimum absolute atomic E-state index is 0.934. The van der Waals surface area contributed by atoms with Gasteiger partial charge < -0.3 is 4.90 Å². The van der Waals surface area contributed by atoms with Crippen molar-refractivity contribution in [2.75, 3.05) is 11.9 Å². The van der Waals surface area contributed by atoms with Crippen LogP contribution >= 0.6 is 22.7 Å². The SMILES string of the molecule is Cc1ccsc1CN(C)c1nc2ccccc2s1. The van der Waals surface area contributed by atoms with Gasteiger partial charge in [0.2, 0.25) is 0 Å². The summed E-state index contributed by atoms with van der Waals surface area (Å²) in [5.74, 6) is 0. The van der Waals surface area contributed by atoms with E-state index in [2.05, 4.69) is 53.5 Å². The van der Waals surface area contributed by atoms with Gasteiger partial charge >= 0.3 is 0 Å². The van der Waals surface area contributed by atoms with Crippen molar-refractivity contribution >= 4 is 38.0 Å². The van der Waals surface area contributed by atoms with Gasteiger partial charge in [0.15, 0.2) is 5.13 Å². The average molecular weight is 274 g/mol. The summed E-state index contributed by atoms with van der Waals surface area (Å²) in [5.41, 5.74) is 2.46. The first-order valence-electron chi connectivity index (χ1n) is 5.84. The zero-order valence-electron chi connectivity index (χ0n) is 10.4. The molecule has 0 saturated carbocycles. The Labute approximate surface area is 115 Å². The lowest BCUT2D eigenvalue weighted by molar-refractivity contribution is 0.927. The molecule has 0 aliphatic carbocycles. The van der Waals surface area contributed by atoms with E-state index in [1.807, 2.05) is 17.4 Å². The summed E-state index contributed by atoms with van der Waals surface area (Å²) in [5, 5.41) is 3.24. The molecule has 2 nitrogen and oxygen atoms in total. The van der Waals surface area contributed by atoms with Gasteiger partial charge in [-0.25, -0.2) is 4.98 Å². The highest BCUT2D eigenvalue weighted by molar-refractivity contribution is 7.22. The van der Waals surface area contributed by atoms with Crippen molar-refractivity contribution in [2.45, 2.75) is 13.5 Å². The van der Waals surface area contributed by atoms with Crippen molar-refractivity contribution in [3.05, 3.63) is 46.2 Å². The molecule has 2 heterocycles. The summed E-state index contributed by atoms with van der Waals surface area (Å²) >= 11 is 3.57. The molecule has 1 aromatic carbocycles. The molecule has 0 radical (unpaired) electrons. The maximum absolute atomic E-state index is 4.67. The highest BCUT2D eigenvalue weighted by atomic mass is 32.1. The molecule has 3 rings (SSSR count). The summed E-state index contributed by atoms with van der Waals surface area (Å²) in [6.07, 6.45) is 0. The number of aromatic nitrogens is 1. The Morgan fingerprint density at radius 3 is 2.78 bits per heavy atom. The minimum Gasteiger partial charge on any atom is -0.346 e. The Morgan fingerprint density at radius 1 is 1.22 bits per heavy atom. The second kappa shape index (κ2) is 4.71. The molecular weight excluding hydrogens is 260 g/mol. The third-order valence-electron chi connectivity index (χ3n) is 2.96. The number of benzene rings is 1. The van der Waals surface area contributed by atoms with Crippen molar-refractivity contribution in [3.8, 4) is 0 Å². The van der Waals surface area contributed by atoms with Crippen LogP contribution in [0.4, 0.5) is 5.13 Å². The number of aryl methyl sites for hydroxylation is 1. The fourth-order valence-electron chi connectivity index (χ4n) is 1.87. The van der Waals surface area contributed by atoms with E-state index in [0.29, 0.717) is 0 Å². The number of anilines is 1.